The van der Waals surface area contributed by atoms with Crippen LogP contribution in [-0.4, -0.2) is 47.1 Å². The monoisotopic (exact) mass is 354 g/mol. The Morgan fingerprint density at radius 3 is 2.35 bits per heavy atom. The zero-order valence-corrected chi connectivity index (χ0v) is 15.1. The summed E-state index contributed by atoms with van der Waals surface area (Å²) in [5, 5.41) is 4.13. The summed E-state index contributed by atoms with van der Waals surface area (Å²) >= 11 is 0. The summed E-state index contributed by atoms with van der Waals surface area (Å²) in [5.41, 5.74) is 0.928. The third-order valence-electron chi connectivity index (χ3n) is 5.48. The van der Waals surface area contributed by atoms with E-state index < -0.39 is 0 Å². The van der Waals surface area contributed by atoms with Gasteiger partial charge in [0.2, 0.25) is 5.91 Å². The molecule has 6 heteroatoms. The molecule has 1 amide bonds. The van der Waals surface area contributed by atoms with Gasteiger partial charge in [0.15, 0.2) is 0 Å². The zero-order valence-electron chi connectivity index (χ0n) is 15.1. The number of benzene rings is 1. The van der Waals surface area contributed by atoms with Crippen LogP contribution in [-0.2, 0) is 4.79 Å². The van der Waals surface area contributed by atoms with Crippen LogP contribution < -0.4 is 4.90 Å². The van der Waals surface area contributed by atoms with Crippen molar-refractivity contribution >= 4 is 11.9 Å². The molecule has 3 heterocycles. The maximum atomic E-state index is 12.8. The van der Waals surface area contributed by atoms with E-state index in [4.69, 9.17) is 4.52 Å². The highest BCUT2D eigenvalue weighted by molar-refractivity contribution is 5.79. The second-order valence-electron chi connectivity index (χ2n) is 7.27. The first kappa shape index (κ1) is 17.1. The fourth-order valence-corrected chi connectivity index (χ4v) is 3.92. The molecule has 0 atom stereocenters. The predicted octanol–water partition coefficient (Wildman–Crippen LogP) is 3.36. The van der Waals surface area contributed by atoms with E-state index >= 15 is 0 Å². The average Bonchev–Trinajstić information content (AvgIpc) is 3.04. The van der Waals surface area contributed by atoms with E-state index in [1.165, 1.54) is 12.8 Å². The van der Waals surface area contributed by atoms with E-state index in [1.54, 1.807) is 0 Å². The molecular weight excluding hydrogens is 328 g/mol. The van der Waals surface area contributed by atoms with Crippen LogP contribution in [0.2, 0.25) is 0 Å². The van der Waals surface area contributed by atoms with Gasteiger partial charge in [-0.25, -0.2) is 0 Å². The minimum absolute atomic E-state index is 0.143. The molecule has 0 aliphatic carbocycles. The number of amides is 1. The van der Waals surface area contributed by atoms with Crippen LogP contribution in [0.3, 0.4) is 0 Å². The zero-order chi connectivity index (χ0) is 17.8. The number of nitrogens with zero attached hydrogens (tertiary/aromatic N) is 4. The summed E-state index contributed by atoms with van der Waals surface area (Å²) in [6.45, 7) is 3.48. The Hall–Kier alpha value is -2.37. The Bertz CT molecular complexity index is 714. The van der Waals surface area contributed by atoms with E-state index in [2.05, 4.69) is 19.9 Å². The molecule has 2 aliphatic heterocycles. The molecule has 0 saturated carbocycles. The topological polar surface area (TPSA) is 62.5 Å². The molecule has 4 rings (SSSR count). The highest BCUT2D eigenvalue weighted by Gasteiger charge is 2.30. The van der Waals surface area contributed by atoms with Gasteiger partial charge in [-0.2, -0.15) is 4.98 Å². The second kappa shape index (κ2) is 7.89. The van der Waals surface area contributed by atoms with Crippen LogP contribution in [0, 0.1) is 5.92 Å². The van der Waals surface area contributed by atoms with Crippen molar-refractivity contribution < 1.29 is 9.32 Å². The minimum atomic E-state index is 0.143. The number of hydrogen-bond acceptors (Lipinski definition) is 5. The van der Waals surface area contributed by atoms with Gasteiger partial charge >= 0.3 is 0 Å². The Balaban J connectivity index is 1.35. The first-order valence-corrected chi connectivity index (χ1v) is 9.74. The lowest BCUT2D eigenvalue weighted by Crippen LogP contribution is -2.43. The van der Waals surface area contributed by atoms with Gasteiger partial charge in [0.05, 0.1) is 0 Å². The molecular formula is C20H26N4O2. The summed E-state index contributed by atoms with van der Waals surface area (Å²) in [6.07, 6.45) is 6.54. The summed E-state index contributed by atoms with van der Waals surface area (Å²) in [6, 6.07) is 9.80. The van der Waals surface area contributed by atoms with Crippen molar-refractivity contribution in [3.8, 4) is 11.5 Å². The van der Waals surface area contributed by atoms with Gasteiger partial charge < -0.3 is 14.3 Å². The summed E-state index contributed by atoms with van der Waals surface area (Å²) < 4.78 is 5.41. The molecule has 138 valence electrons. The SMILES string of the molecule is O=C(C1CCN(c2noc(-c3ccccc3)n2)CC1)N1CCCCCC1. The van der Waals surface area contributed by atoms with Crippen LogP contribution in [0.4, 0.5) is 5.95 Å². The molecule has 2 aromatic rings. The third-order valence-corrected chi connectivity index (χ3v) is 5.48. The smallest absolute Gasteiger partial charge is 0.266 e. The first-order valence-electron chi connectivity index (χ1n) is 9.74. The minimum Gasteiger partial charge on any atom is -0.342 e. The van der Waals surface area contributed by atoms with Crippen molar-refractivity contribution in [2.45, 2.75) is 38.5 Å². The summed E-state index contributed by atoms with van der Waals surface area (Å²) in [4.78, 5) is 21.5. The normalized spacial score (nSPS) is 19.4. The molecule has 1 aromatic carbocycles. The molecule has 2 fully saturated rings. The van der Waals surface area contributed by atoms with Crippen molar-refractivity contribution in [1.29, 1.82) is 0 Å². The Kier molecular flexibility index (Phi) is 5.18. The van der Waals surface area contributed by atoms with Crippen molar-refractivity contribution in [3.05, 3.63) is 30.3 Å². The molecule has 0 bridgehead atoms. The molecule has 26 heavy (non-hydrogen) atoms. The second-order valence-corrected chi connectivity index (χ2v) is 7.27. The number of likely N-dealkylation sites (tertiary alicyclic amines) is 1. The van der Waals surface area contributed by atoms with E-state index in [0.29, 0.717) is 17.7 Å². The lowest BCUT2D eigenvalue weighted by atomic mass is 9.95. The number of carbonyl (C=O) groups is 1. The molecule has 2 saturated heterocycles. The van der Waals surface area contributed by atoms with Crippen LogP contribution in [0.25, 0.3) is 11.5 Å². The number of rotatable bonds is 3. The van der Waals surface area contributed by atoms with Crippen molar-refractivity contribution in [2.24, 2.45) is 5.92 Å². The summed E-state index contributed by atoms with van der Waals surface area (Å²) in [7, 11) is 0. The van der Waals surface area contributed by atoms with Crippen LogP contribution >= 0.6 is 0 Å². The van der Waals surface area contributed by atoms with E-state index in [-0.39, 0.29) is 5.92 Å². The predicted molar refractivity (Wildman–Crippen MR) is 99.7 cm³/mol. The van der Waals surface area contributed by atoms with Gasteiger partial charge in [-0.05, 0) is 43.0 Å². The molecule has 0 unspecified atom stereocenters. The molecule has 0 N–H and O–H groups in total. The third kappa shape index (κ3) is 3.74. The summed E-state index contributed by atoms with van der Waals surface area (Å²) in [5.74, 6) is 1.67. The maximum Gasteiger partial charge on any atom is 0.266 e. The van der Waals surface area contributed by atoms with Gasteiger partial charge in [-0.15, -0.1) is 0 Å². The van der Waals surface area contributed by atoms with Crippen LogP contribution in [0.5, 0.6) is 0 Å². The van der Waals surface area contributed by atoms with Crippen molar-refractivity contribution in [2.75, 3.05) is 31.1 Å². The molecule has 0 spiro atoms. The van der Waals surface area contributed by atoms with Crippen molar-refractivity contribution in [3.63, 3.8) is 0 Å². The standard InChI is InChI=1S/C20H26N4O2/c25-19(23-12-6-1-2-7-13-23)17-10-14-24(15-11-17)20-21-18(26-22-20)16-8-4-3-5-9-16/h3-5,8-9,17H,1-2,6-7,10-15H2. The largest absolute Gasteiger partial charge is 0.342 e. The average molecular weight is 354 g/mol. The molecule has 2 aliphatic rings. The van der Waals surface area contributed by atoms with Crippen LogP contribution in [0.1, 0.15) is 38.5 Å². The number of aromatic nitrogens is 2. The first-order chi connectivity index (χ1) is 12.8. The fourth-order valence-electron chi connectivity index (χ4n) is 3.92. The number of carbonyl (C=O) groups excluding carboxylic acids is 1. The van der Waals surface area contributed by atoms with E-state index in [1.807, 2.05) is 30.3 Å². The Morgan fingerprint density at radius 1 is 0.962 bits per heavy atom. The Morgan fingerprint density at radius 2 is 1.65 bits per heavy atom. The lowest BCUT2D eigenvalue weighted by molar-refractivity contribution is -0.136. The fraction of sp³-hybridized carbons (Fsp3) is 0.550. The lowest BCUT2D eigenvalue weighted by Gasteiger charge is -2.33. The van der Waals surface area contributed by atoms with E-state index in [9.17, 15) is 4.79 Å². The quantitative estimate of drug-likeness (QED) is 0.846. The van der Waals surface area contributed by atoms with Gasteiger partial charge in [0.1, 0.15) is 0 Å². The molecule has 6 nitrogen and oxygen atoms in total. The van der Waals surface area contributed by atoms with Crippen molar-refractivity contribution in [1.82, 2.24) is 15.0 Å². The van der Waals surface area contributed by atoms with Gasteiger partial charge in [-0.3, -0.25) is 4.79 Å². The number of hydrogen-bond donors (Lipinski definition) is 0. The number of piperidine rings is 1. The van der Waals surface area contributed by atoms with Gasteiger partial charge in [0, 0.05) is 37.7 Å². The highest BCUT2D eigenvalue weighted by Crippen LogP contribution is 2.26. The highest BCUT2D eigenvalue weighted by atomic mass is 16.5. The number of anilines is 1. The molecule has 0 radical (unpaired) electrons. The van der Waals surface area contributed by atoms with Gasteiger partial charge in [0.25, 0.3) is 11.8 Å². The Labute approximate surface area is 154 Å². The molecule has 1 aromatic heterocycles. The van der Waals surface area contributed by atoms with Crippen LogP contribution in [0.15, 0.2) is 34.9 Å². The van der Waals surface area contributed by atoms with Gasteiger partial charge in [-0.1, -0.05) is 31.0 Å². The van der Waals surface area contributed by atoms with E-state index in [0.717, 1.165) is 57.4 Å². The maximum absolute atomic E-state index is 12.8.